The van der Waals surface area contributed by atoms with Crippen molar-refractivity contribution in [2.75, 3.05) is 18.4 Å². The van der Waals surface area contributed by atoms with E-state index in [1.807, 2.05) is 77.0 Å². The van der Waals surface area contributed by atoms with E-state index in [1.54, 1.807) is 12.1 Å². The van der Waals surface area contributed by atoms with Gasteiger partial charge in [0.15, 0.2) is 5.13 Å². The smallest absolute Gasteiger partial charge is 0.258 e. The van der Waals surface area contributed by atoms with Crippen molar-refractivity contribution in [3.8, 4) is 22.4 Å². The van der Waals surface area contributed by atoms with Crippen LogP contribution < -0.4 is 10.6 Å². The normalized spacial score (nSPS) is 13.6. The van der Waals surface area contributed by atoms with Crippen LogP contribution in [0, 0.1) is 0 Å². The molecule has 238 valence electrons. The van der Waals surface area contributed by atoms with Crippen molar-refractivity contribution >= 4 is 34.2 Å². The Hall–Kier alpha value is -5.08. The van der Waals surface area contributed by atoms with Gasteiger partial charge in [0.25, 0.3) is 11.8 Å². The first-order valence-electron chi connectivity index (χ1n) is 15.9. The first-order chi connectivity index (χ1) is 22.7. The minimum atomic E-state index is -0.751. The molecule has 2 heterocycles. The van der Waals surface area contributed by atoms with Crippen LogP contribution in [0.25, 0.3) is 22.4 Å². The second kappa shape index (κ2) is 13.7. The average Bonchev–Trinajstić information content (AvgIpc) is 3.80. The minimum Gasteiger partial charge on any atom is -0.341 e. The fourth-order valence-corrected chi connectivity index (χ4v) is 6.49. The molecule has 7 nitrogen and oxygen atoms in total. The summed E-state index contributed by atoms with van der Waals surface area (Å²) in [5.74, 6) is -0.641. The van der Waals surface area contributed by atoms with Crippen LogP contribution in [0.2, 0.25) is 0 Å². The molecule has 0 spiro atoms. The molecule has 1 aromatic heterocycles. The Labute approximate surface area is 279 Å². The van der Waals surface area contributed by atoms with E-state index in [0.29, 0.717) is 35.0 Å². The van der Waals surface area contributed by atoms with Gasteiger partial charge in [0, 0.05) is 35.2 Å². The summed E-state index contributed by atoms with van der Waals surface area (Å²) >= 11 is 1.34. The quantitative estimate of drug-likeness (QED) is 0.179. The number of carbonyl (C=O) groups excluding carboxylic acids is 3. The summed E-state index contributed by atoms with van der Waals surface area (Å²) in [6.07, 6.45) is 1.95. The van der Waals surface area contributed by atoms with E-state index in [-0.39, 0.29) is 23.1 Å². The average molecular weight is 643 g/mol. The van der Waals surface area contributed by atoms with E-state index >= 15 is 0 Å². The molecule has 1 fully saturated rings. The van der Waals surface area contributed by atoms with Gasteiger partial charge in [0.1, 0.15) is 6.04 Å². The zero-order valence-corrected chi connectivity index (χ0v) is 27.6. The van der Waals surface area contributed by atoms with Crippen molar-refractivity contribution in [3.63, 3.8) is 0 Å². The van der Waals surface area contributed by atoms with Crippen molar-refractivity contribution in [1.82, 2.24) is 15.2 Å². The lowest BCUT2D eigenvalue weighted by Gasteiger charge is -2.24. The SMILES string of the molecule is CC(C)(C)c1ccc(-c2ccccc2C(=O)Nc2nc(-c3ccc(C(=O)N[C@H](C(=O)N4CCCC4)c4ccccc4)cc3)cs2)cc1. The zero-order chi connectivity index (χ0) is 33.0. The van der Waals surface area contributed by atoms with Crippen molar-refractivity contribution in [2.24, 2.45) is 0 Å². The number of carbonyl (C=O) groups is 3. The van der Waals surface area contributed by atoms with Crippen LogP contribution in [0.3, 0.4) is 0 Å². The van der Waals surface area contributed by atoms with E-state index in [9.17, 15) is 14.4 Å². The van der Waals surface area contributed by atoms with Crippen LogP contribution in [-0.4, -0.2) is 40.7 Å². The molecule has 0 saturated carbocycles. The summed E-state index contributed by atoms with van der Waals surface area (Å²) < 4.78 is 0. The number of amides is 3. The minimum absolute atomic E-state index is 0.0453. The van der Waals surface area contributed by atoms with Crippen molar-refractivity contribution in [1.29, 1.82) is 0 Å². The summed E-state index contributed by atoms with van der Waals surface area (Å²) in [6.45, 7) is 7.96. The van der Waals surface area contributed by atoms with E-state index in [0.717, 1.165) is 35.1 Å². The number of nitrogens with zero attached hydrogens (tertiary/aromatic N) is 2. The Kier molecular flexibility index (Phi) is 9.31. The van der Waals surface area contributed by atoms with E-state index in [2.05, 4.69) is 60.7 Å². The fourth-order valence-electron chi connectivity index (χ4n) is 5.77. The maximum Gasteiger partial charge on any atom is 0.258 e. The lowest BCUT2D eigenvalue weighted by molar-refractivity contribution is -0.132. The van der Waals surface area contributed by atoms with Gasteiger partial charge < -0.3 is 10.2 Å². The lowest BCUT2D eigenvalue weighted by atomic mass is 9.86. The van der Waals surface area contributed by atoms with Crippen molar-refractivity contribution in [3.05, 3.63) is 131 Å². The molecular weight excluding hydrogens is 605 g/mol. The van der Waals surface area contributed by atoms with Crippen LogP contribution in [0.15, 0.2) is 109 Å². The molecule has 0 aliphatic carbocycles. The standard InChI is InChI=1S/C39H38N4O3S/c1-39(2,3)30-21-19-26(20-22-30)31-13-7-8-14-32(31)36(45)42-38-40-33(25-47-38)27-15-17-29(18-16-27)35(44)41-34(28-11-5-4-6-12-28)37(46)43-23-9-10-24-43/h4-8,11-22,25,34H,9-10,23-24H2,1-3H3,(H,41,44)(H,40,42,45)/t34-/m0/s1. The van der Waals surface area contributed by atoms with Gasteiger partial charge in [0.2, 0.25) is 5.91 Å². The molecule has 2 N–H and O–H groups in total. The Morgan fingerprint density at radius 1 is 0.766 bits per heavy atom. The monoisotopic (exact) mass is 642 g/mol. The first kappa shape index (κ1) is 31.9. The summed E-state index contributed by atoms with van der Waals surface area (Å²) in [4.78, 5) is 46.5. The second-order valence-corrected chi connectivity index (χ2v) is 13.6. The van der Waals surface area contributed by atoms with E-state index in [4.69, 9.17) is 0 Å². The second-order valence-electron chi connectivity index (χ2n) is 12.8. The summed E-state index contributed by atoms with van der Waals surface area (Å²) in [5.41, 5.74) is 6.38. The van der Waals surface area contributed by atoms with Gasteiger partial charge in [-0.1, -0.05) is 106 Å². The molecule has 5 aromatic rings. The topological polar surface area (TPSA) is 91.4 Å². The Bertz CT molecular complexity index is 1870. The number of hydrogen-bond acceptors (Lipinski definition) is 5. The summed E-state index contributed by atoms with van der Waals surface area (Å²) in [7, 11) is 0. The van der Waals surface area contributed by atoms with Gasteiger partial charge in [-0.3, -0.25) is 19.7 Å². The number of rotatable bonds is 8. The van der Waals surface area contributed by atoms with Gasteiger partial charge in [-0.2, -0.15) is 0 Å². The molecule has 1 atom stereocenters. The summed E-state index contributed by atoms with van der Waals surface area (Å²) in [5, 5.41) is 8.28. The Balaban J connectivity index is 1.14. The molecule has 47 heavy (non-hydrogen) atoms. The number of likely N-dealkylation sites (tertiary alicyclic amines) is 1. The van der Waals surface area contributed by atoms with Crippen LogP contribution in [-0.2, 0) is 10.2 Å². The zero-order valence-electron chi connectivity index (χ0n) is 26.8. The van der Waals surface area contributed by atoms with Crippen LogP contribution in [0.1, 0.15) is 71.5 Å². The number of aromatic nitrogens is 1. The number of hydrogen-bond donors (Lipinski definition) is 2. The molecule has 0 unspecified atom stereocenters. The number of anilines is 1. The molecule has 3 amide bonds. The van der Waals surface area contributed by atoms with Gasteiger partial charge >= 0.3 is 0 Å². The predicted molar refractivity (Wildman–Crippen MR) is 189 cm³/mol. The number of thiazole rings is 1. The number of nitrogens with one attached hydrogen (secondary N) is 2. The third-order valence-electron chi connectivity index (χ3n) is 8.47. The maximum absolute atomic E-state index is 13.4. The Morgan fingerprint density at radius 3 is 2.09 bits per heavy atom. The molecule has 1 aliphatic rings. The number of benzene rings is 4. The van der Waals surface area contributed by atoms with Gasteiger partial charge in [0.05, 0.1) is 5.69 Å². The third kappa shape index (κ3) is 7.34. The highest BCUT2D eigenvalue weighted by Gasteiger charge is 2.29. The predicted octanol–water partition coefficient (Wildman–Crippen LogP) is 8.12. The van der Waals surface area contributed by atoms with Crippen molar-refractivity contribution < 1.29 is 14.4 Å². The highest BCUT2D eigenvalue weighted by atomic mass is 32.1. The largest absolute Gasteiger partial charge is 0.341 e. The highest BCUT2D eigenvalue weighted by molar-refractivity contribution is 7.14. The molecule has 1 aliphatic heterocycles. The third-order valence-corrected chi connectivity index (χ3v) is 9.23. The van der Waals surface area contributed by atoms with Gasteiger partial charge in [-0.15, -0.1) is 11.3 Å². The molecule has 8 heteroatoms. The van der Waals surface area contributed by atoms with Crippen LogP contribution >= 0.6 is 11.3 Å². The summed E-state index contributed by atoms with van der Waals surface area (Å²) in [6, 6.07) is 31.6. The van der Waals surface area contributed by atoms with Crippen molar-refractivity contribution in [2.45, 2.75) is 45.1 Å². The molecule has 0 bridgehead atoms. The molecule has 4 aromatic carbocycles. The van der Waals surface area contributed by atoms with Crippen LogP contribution in [0.4, 0.5) is 5.13 Å². The van der Waals surface area contributed by atoms with E-state index < -0.39 is 6.04 Å². The molecule has 0 radical (unpaired) electrons. The molecule has 6 rings (SSSR count). The lowest BCUT2D eigenvalue weighted by Crippen LogP contribution is -2.41. The fraction of sp³-hybridized carbons (Fsp3) is 0.231. The first-order valence-corrected chi connectivity index (χ1v) is 16.8. The maximum atomic E-state index is 13.4. The molecular formula is C39H38N4O3S. The van der Waals surface area contributed by atoms with Crippen LogP contribution in [0.5, 0.6) is 0 Å². The van der Waals surface area contributed by atoms with Gasteiger partial charge in [-0.05, 0) is 58.7 Å². The van der Waals surface area contributed by atoms with Gasteiger partial charge in [-0.25, -0.2) is 4.98 Å². The molecule has 1 saturated heterocycles. The Morgan fingerprint density at radius 2 is 1.40 bits per heavy atom. The highest BCUT2D eigenvalue weighted by Crippen LogP contribution is 2.30. The van der Waals surface area contributed by atoms with E-state index in [1.165, 1.54) is 16.9 Å².